The van der Waals surface area contributed by atoms with Crippen molar-refractivity contribution in [2.24, 2.45) is 5.92 Å². The first-order valence-corrected chi connectivity index (χ1v) is 8.28. The fraction of sp³-hybridized carbons (Fsp3) is 0.263. The molecular formula is C19H17F3N2O4. The van der Waals surface area contributed by atoms with E-state index in [1.165, 1.54) is 61.0 Å². The molecule has 1 aliphatic heterocycles. The second-order valence-corrected chi connectivity index (χ2v) is 6.32. The summed E-state index contributed by atoms with van der Waals surface area (Å²) in [6.07, 6.45) is -5.29. The number of carbonyl (C=O) groups is 2. The number of carbonyl (C=O) groups excluding carboxylic acids is 2. The summed E-state index contributed by atoms with van der Waals surface area (Å²) in [4.78, 5) is 24.9. The Balaban J connectivity index is 2.13. The van der Waals surface area contributed by atoms with E-state index in [9.17, 15) is 27.9 Å². The fourth-order valence-electron chi connectivity index (χ4n) is 3.21. The topological polar surface area (TPSA) is 87.7 Å². The molecule has 0 radical (unpaired) electrons. The van der Waals surface area contributed by atoms with E-state index in [0.29, 0.717) is 5.75 Å². The standard InChI is InChI=1S/C19H17F3N2O4/c1-28-13-9-7-11(8-10-13)15-14(16(25)12-5-3-2-4-6-12)18(27,19(20,21)22)24-17(26)23-15/h2-10,14-15,27H,1H3,(H2,23,24,26)/t14-,15+,18-/m0/s1. The Kier molecular flexibility index (Phi) is 5.03. The SMILES string of the molecule is COc1ccc([C@H]2NC(=O)N[C@@](O)(C(F)(F)F)[C@@H]2C(=O)c2ccccc2)cc1. The summed E-state index contributed by atoms with van der Waals surface area (Å²) in [5, 5.41) is 14.3. The summed E-state index contributed by atoms with van der Waals surface area (Å²) >= 11 is 0. The molecule has 3 atom stereocenters. The van der Waals surface area contributed by atoms with Crippen LogP contribution in [0.25, 0.3) is 0 Å². The van der Waals surface area contributed by atoms with Gasteiger partial charge < -0.3 is 20.5 Å². The summed E-state index contributed by atoms with van der Waals surface area (Å²) in [6.45, 7) is 0. The molecule has 28 heavy (non-hydrogen) atoms. The molecule has 3 N–H and O–H groups in total. The van der Waals surface area contributed by atoms with Crippen molar-refractivity contribution >= 4 is 11.8 Å². The molecular weight excluding hydrogens is 377 g/mol. The normalized spacial score (nSPS) is 24.8. The van der Waals surface area contributed by atoms with Gasteiger partial charge in [-0.25, -0.2) is 4.79 Å². The second-order valence-electron chi connectivity index (χ2n) is 6.32. The Morgan fingerprint density at radius 2 is 1.71 bits per heavy atom. The van der Waals surface area contributed by atoms with E-state index in [2.05, 4.69) is 5.32 Å². The molecule has 9 heteroatoms. The maximum absolute atomic E-state index is 13.8. The van der Waals surface area contributed by atoms with Gasteiger partial charge in [0.25, 0.3) is 0 Å². The summed E-state index contributed by atoms with van der Waals surface area (Å²) in [5.74, 6) is -2.57. The predicted molar refractivity (Wildman–Crippen MR) is 92.7 cm³/mol. The minimum absolute atomic E-state index is 0.0216. The van der Waals surface area contributed by atoms with Gasteiger partial charge in [-0.2, -0.15) is 13.2 Å². The monoisotopic (exact) mass is 394 g/mol. The maximum atomic E-state index is 13.8. The number of hydrogen-bond acceptors (Lipinski definition) is 4. The number of hydrogen-bond donors (Lipinski definition) is 3. The van der Waals surface area contributed by atoms with E-state index in [0.717, 1.165) is 0 Å². The van der Waals surface area contributed by atoms with Crippen molar-refractivity contribution in [3.05, 3.63) is 65.7 Å². The molecule has 2 aromatic carbocycles. The lowest BCUT2D eigenvalue weighted by Crippen LogP contribution is -2.72. The number of urea groups is 1. The van der Waals surface area contributed by atoms with Crippen LogP contribution in [-0.4, -0.2) is 35.9 Å². The number of amides is 2. The van der Waals surface area contributed by atoms with Gasteiger partial charge in [0, 0.05) is 5.56 Å². The molecule has 148 valence electrons. The molecule has 1 heterocycles. The number of ether oxygens (including phenoxy) is 1. The molecule has 2 aromatic rings. The molecule has 6 nitrogen and oxygen atoms in total. The van der Waals surface area contributed by atoms with Crippen molar-refractivity contribution in [3.8, 4) is 5.75 Å². The van der Waals surface area contributed by atoms with Crippen molar-refractivity contribution in [2.45, 2.75) is 17.9 Å². The number of nitrogens with one attached hydrogen (secondary N) is 2. The third-order valence-corrected chi connectivity index (χ3v) is 4.62. The van der Waals surface area contributed by atoms with E-state index in [1.54, 1.807) is 6.07 Å². The summed E-state index contributed by atoms with van der Waals surface area (Å²) in [5.41, 5.74) is -3.55. The zero-order valence-electron chi connectivity index (χ0n) is 14.7. The summed E-state index contributed by atoms with van der Waals surface area (Å²) in [6, 6.07) is 10.5. The van der Waals surface area contributed by atoms with Crippen molar-refractivity contribution in [1.82, 2.24) is 10.6 Å². The van der Waals surface area contributed by atoms with Gasteiger partial charge in [-0.3, -0.25) is 4.79 Å². The average Bonchev–Trinajstić information content (AvgIpc) is 2.67. The number of ketones is 1. The number of alkyl halides is 3. The third-order valence-electron chi connectivity index (χ3n) is 4.62. The van der Waals surface area contributed by atoms with E-state index < -0.39 is 35.7 Å². The quantitative estimate of drug-likeness (QED) is 0.696. The highest BCUT2D eigenvalue weighted by atomic mass is 19.4. The lowest BCUT2D eigenvalue weighted by Gasteiger charge is -2.45. The first-order valence-electron chi connectivity index (χ1n) is 8.28. The Bertz CT molecular complexity index is 871. The van der Waals surface area contributed by atoms with Crippen LogP contribution in [0.1, 0.15) is 22.0 Å². The van der Waals surface area contributed by atoms with Crippen LogP contribution < -0.4 is 15.4 Å². The first kappa shape index (κ1) is 19.7. The molecule has 0 bridgehead atoms. The fourth-order valence-corrected chi connectivity index (χ4v) is 3.21. The molecule has 0 spiro atoms. The third kappa shape index (κ3) is 3.40. The van der Waals surface area contributed by atoms with Gasteiger partial charge in [-0.05, 0) is 17.7 Å². The summed E-state index contributed by atoms with van der Waals surface area (Å²) in [7, 11) is 1.42. The smallest absolute Gasteiger partial charge is 0.437 e. The van der Waals surface area contributed by atoms with E-state index in [1.807, 2.05) is 0 Å². The van der Waals surface area contributed by atoms with Crippen LogP contribution in [0.5, 0.6) is 5.75 Å². The largest absolute Gasteiger partial charge is 0.497 e. The van der Waals surface area contributed by atoms with Crippen LogP contribution in [0.4, 0.5) is 18.0 Å². The van der Waals surface area contributed by atoms with E-state index in [4.69, 9.17) is 4.74 Å². The molecule has 3 rings (SSSR count). The number of Topliss-reactive ketones (excluding diaryl/α,β-unsaturated/α-hetero) is 1. The number of methoxy groups -OCH3 is 1. The molecule has 0 unspecified atom stereocenters. The van der Waals surface area contributed by atoms with Crippen molar-refractivity contribution in [3.63, 3.8) is 0 Å². The van der Waals surface area contributed by atoms with Crippen molar-refractivity contribution in [1.29, 1.82) is 0 Å². The van der Waals surface area contributed by atoms with Gasteiger partial charge in [0.2, 0.25) is 5.72 Å². The highest BCUT2D eigenvalue weighted by Gasteiger charge is 2.66. The van der Waals surface area contributed by atoms with Crippen LogP contribution in [-0.2, 0) is 0 Å². The Labute approximate surface area is 158 Å². The maximum Gasteiger partial charge on any atom is 0.437 e. The van der Waals surface area contributed by atoms with Crippen LogP contribution >= 0.6 is 0 Å². The van der Waals surface area contributed by atoms with E-state index in [-0.39, 0.29) is 11.1 Å². The highest BCUT2D eigenvalue weighted by Crippen LogP contribution is 2.44. The lowest BCUT2D eigenvalue weighted by molar-refractivity contribution is -0.287. The number of rotatable bonds is 4. The van der Waals surface area contributed by atoms with Gasteiger partial charge >= 0.3 is 12.2 Å². The van der Waals surface area contributed by atoms with Gasteiger partial charge in [-0.1, -0.05) is 42.5 Å². The molecule has 1 saturated heterocycles. The minimum Gasteiger partial charge on any atom is -0.497 e. The van der Waals surface area contributed by atoms with Crippen LogP contribution in [0.2, 0.25) is 0 Å². The van der Waals surface area contributed by atoms with E-state index >= 15 is 0 Å². The zero-order valence-corrected chi connectivity index (χ0v) is 14.7. The van der Waals surface area contributed by atoms with Crippen LogP contribution in [0.15, 0.2) is 54.6 Å². The molecule has 1 fully saturated rings. The molecule has 0 aromatic heterocycles. The van der Waals surface area contributed by atoms with Gasteiger partial charge in [0.1, 0.15) is 11.7 Å². The highest BCUT2D eigenvalue weighted by molar-refractivity contribution is 6.00. The number of aliphatic hydroxyl groups is 1. The summed E-state index contributed by atoms with van der Waals surface area (Å²) < 4.78 is 46.3. The molecule has 0 aliphatic carbocycles. The lowest BCUT2D eigenvalue weighted by atomic mass is 9.77. The Morgan fingerprint density at radius 3 is 2.25 bits per heavy atom. The molecule has 0 saturated carbocycles. The van der Waals surface area contributed by atoms with Gasteiger partial charge in [0.05, 0.1) is 13.2 Å². The number of halogens is 3. The molecule has 2 amide bonds. The second kappa shape index (κ2) is 7.16. The minimum atomic E-state index is -5.29. The average molecular weight is 394 g/mol. The Morgan fingerprint density at radius 1 is 1.11 bits per heavy atom. The number of benzene rings is 2. The predicted octanol–water partition coefficient (Wildman–Crippen LogP) is 2.80. The molecule has 1 aliphatic rings. The zero-order chi connectivity index (χ0) is 20.5. The van der Waals surface area contributed by atoms with Gasteiger partial charge in [0.15, 0.2) is 5.78 Å². The van der Waals surface area contributed by atoms with Crippen molar-refractivity contribution < 1.29 is 32.6 Å². The van der Waals surface area contributed by atoms with Crippen LogP contribution in [0, 0.1) is 5.92 Å². The first-order chi connectivity index (χ1) is 13.2. The van der Waals surface area contributed by atoms with Gasteiger partial charge in [-0.15, -0.1) is 0 Å². The Hall–Kier alpha value is -3.07. The van der Waals surface area contributed by atoms with Crippen molar-refractivity contribution in [2.75, 3.05) is 7.11 Å². The van der Waals surface area contributed by atoms with Crippen LogP contribution in [0.3, 0.4) is 0 Å².